The van der Waals surface area contributed by atoms with Crippen LogP contribution in [0.2, 0.25) is 0 Å². The number of hydrogen-bond donors (Lipinski definition) is 0. The summed E-state index contributed by atoms with van der Waals surface area (Å²) in [6.45, 7) is 0. The lowest BCUT2D eigenvalue weighted by Gasteiger charge is -2.22. The zero-order valence-electron chi connectivity index (χ0n) is 12.0. The molecule has 0 spiro atoms. The summed E-state index contributed by atoms with van der Waals surface area (Å²) in [7, 11) is 1.45. The van der Waals surface area contributed by atoms with Crippen LogP contribution in [0.3, 0.4) is 0 Å². The summed E-state index contributed by atoms with van der Waals surface area (Å²) in [5, 5.41) is 2.33. The zero-order valence-corrected chi connectivity index (χ0v) is 12.0. The summed E-state index contributed by atoms with van der Waals surface area (Å²) < 4.78 is 5.03. The van der Waals surface area contributed by atoms with Gasteiger partial charge in [0.25, 0.3) is 0 Å². The van der Waals surface area contributed by atoms with E-state index in [0.717, 1.165) is 17.4 Å². The number of ether oxygens (including phenoxy) is 1. The summed E-state index contributed by atoms with van der Waals surface area (Å²) >= 11 is 0. The standard InChI is InChI=1S/C19H18O2/c1-21-19(20)18(15-8-3-2-4-9-15)17-12-11-14-7-5-6-10-16(14)13-17/h3-13,15,18H,2H2,1H3/t18-/m1/s1. The van der Waals surface area contributed by atoms with Crippen LogP contribution in [0.25, 0.3) is 10.8 Å². The van der Waals surface area contributed by atoms with Crippen LogP contribution in [0, 0.1) is 5.92 Å². The fourth-order valence-corrected chi connectivity index (χ4v) is 2.88. The molecule has 106 valence electrons. The summed E-state index contributed by atoms with van der Waals surface area (Å²) in [6, 6.07) is 14.4. The molecule has 3 rings (SSSR count). The molecular weight excluding hydrogens is 260 g/mol. The molecule has 0 heterocycles. The Kier molecular flexibility index (Phi) is 3.87. The SMILES string of the molecule is COC(=O)[C@@H](c1ccc2ccccc2c1)C1C=CCC=C1. The number of methoxy groups -OCH3 is 1. The molecule has 1 aliphatic carbocycles. The highest BCUT2D eigenvalue weighted by atomic mass is 16.5. The van der Waals surface area contributed by atoms with Gasteiger partial charge in [-0.1, -0.05) is 66.8 Å². The lowest BCUT2D eigenvalue weighted by Crippen LogP contribution is -2.21. The van der Waals surface area contributed by atoms with Gasteiger partial charge in [-0.05, 0) is 22.8 Å². The molecule has 2 heteroatoms. The number of benzene rings is 2. The molecule has 2 aromatic carbocycles. The Bertz CT molecular complexity index is 700. The summed E-state index contributed by atoms with van der Waals surface area (Å²) in [6.07, 6.45) is 9.32. The van der Waals surface area contributed by atoms with Crippen molar-refractivity contribution in [1.82, 2.24) is 0 Å². The number of fused-ring (bicyclic) bond motifs is 1. The second-order valence-corrected chi connectivity index (χ2v) is 5.28. The molecule has 0 fully saturated rings. The van der Waals surface area contributed by atoms with Crippen LogP contribution < -0.4 is 0 Å². The predicted molar refractivity (Wildman–Crippen MR) is 85.1 cm³/mol. The van der Waals surface area contributed by atoms with Crippen LogP contribution >= 0.6 is 0 Å². The van der Waals surface area contributed by atoms with Gasteiger partial charge < -0.3 is 4.74 Å². The van der Waals surface area contributed by atoms with Crippen LogP contribution in [0.4, 0.5) is 0 Å². The Labute approximate surface area is 124 Å². The normalized spacial score (nSPS) is 16.0. The van der Waals surface area contributed by atoms with E-state index in [2.05, 4.69) is 48.6 Å². The van der Waals surface area contributed by atoms with E-state index >= 15 is 0 Å². The van der Waals surface area contributed by atoms with Crippen molar-refractivity contribution in [3.05, 3.63) is 72.3 Å². The maximum Gasteiger partial charge on any atom is 0.314 e. The van der Waals surface area contributed by atoms with E-state index in [0.29, 0.717) is 0 Å². The molecule has 0 aliphatic heterocycles. The Morgan fingerprint density at radius 2 is 1.81 bits per heavy atom. The van der Waals surface area contributed by atoms with E-state index in [-0.39, 0.29) is 17.8 Å². The molecule has 0 saturated carbocycles. The molecule has 0 radical (unpaired) electrons. The van der Waals surface area contributed by atoms with E-state index in [1.807, 2.05) is 18.2 Å². The van der Waals surface area contributed by atoms with Gasteiger partial charge in [0.1, 0.15) is 0 Å². The molecule has 0 unspecified atom stereocenters. The number of carbonyl (C=O) groups excluding carboxylic acids is 1. The van der Waals surface area contributed by atoms with Gasteiger partial charge in [-0.15, -0.1) is 0 Å². The fourth-order valence-electron chi connectivity index (χ4n) is 2.88. The third-order valence-electron chi connectivity index (χ3n) is 3.96. The number of esters is 1. The molecule has 2 aromatic rings. The van der Waals surface area contributed by atoms with Crippen molar-refractivity contribution in [3.8, 4) is 0 Å². The van der Waals surface area contributed by atoms with Crippen LogP contribution in [0.5, 0.6) is 0 Å². The van der Waals surface area contributed by atoms with Crippen molar-refractivity contribution in [2.75, 3.05) is 7.11 Å². The van der Waals surface area contributed by atoms with Gasteiger partial charge in [0, 0.05) is 5.92 Å². The quantitative estimate of drug-likeness (QED) is 0.620. The van der Waals surface area contributed by atoms with Crippen molar-refractivity contribution in [2.24, 2.45) is 5.92 Å². The minimum atomic E-state index is -0.285. The van der Waals surface area contributed by atoms with Crippen molar-refractivity contribution in [1.29, 1.82) is 0 Å². The highest BCUT2D eigenvalue weighted by Gasteiger charge is 2.28. The van der Waals surface area contributed by atoms with E-state index in [9.17, 15) is 4.79 Å². The minimum absolute atomic E-state index is 0.0624. The third kappa shape index (κ3) is 2.75. The summed E-state index contributed by atoms with van der Waals surface area (Å²) in [4.78, 5) is 12.3. The van der Waals surface area contributed by atoms with E-state index in [4.69, 9.17) is 4.74 Å². The Morgan fingerprint density at radius 1 is 1.10 bits per heavy atom. The largest absolute Gasteiger partial charge is 0.469 e. The van der Waals surface area contributed by atoms with Gasteiger partial charge in [-0.25, -0.2) is 0 Å². The second-order valence-electron chi connectivity index (χ2n) is 5.28. The highest BCUT2D eigenvalue weighted by Crippen LogP contribution is 2.32. The number of rotatable bonds is 3. The zero-order chi connectivity index (χ0) is 14.7. The first-order valence-electron chi connectivity index (χ1n) is 7.19. The van der Waals surface area contributed by atoms with Gasteiger partial charge in [0.05, 0.1) is 13.0 Å². The summed E-state index contributed by atoms with van der Waals surface area (Å²) in [5.41, 5.74) is 1.00. The Balaban J connectivity index is 2.05. The van der Waals surface area contributed by atoms with E-state index in [1.165, 1.54) is 12.5 Å². The average Bonchev–Trinajstić information content (AvgIpc) is 2.56. The Hall–Kier alpha value is -2.35. The van der Waals surface area contributed by atoms with Crippen LogP contribution in [-0.2, 0) is 9.53 Å². The maximum absolute atomic E-state index is 12.3. The number of hydrogen-bond acceptors (Lipinski definition) is 2. The lowest BCUT2D eigenvalue weighted by molar-refractivity contribution is -0.143. The molecule has 1 aliphatic rings. The van der Waals surface area contributed by atoms with Gasteiger partial charge in [-0.2, -0.15) is 0 Å². The van der Waals surface area contributed by atoms with Crippen molar-refractivity contribution in [3.63, 3.8) is 0 Å². The maximum atomic E-state index is 12.3. The molecule has 0 aromatic heterocycles. The molecule has 0 saturated heterocycles. The first kappa shape index (κ1) is 13.6. The monoisotopic (exact) mass is 278 g/mol. The summed E-state index contributed by atoms with van der Waals surface area (Å²) in [5.74, 6) is -0.411. The van der Waals surface area contributed by atoms with Crippen molar-refractivity contribution in [2.45, 2.75) is 12.3 Å². The van der Waals surface area contributed by atoms with Crippen LogP contribution in [-0.4, -0.2) is 13.1 Å². The highest BCUT2D eigenvalue weighted by molar-refractivity contribution is 5.86. The van der Waals surface area contributed by atoms with Crippen molar-refractivity contribution >= 4 is 16.7 Å². The molecule has 0 bridgehead atoms. The molecule has 0 amide bonds. The Morgan fingerprint density at radius 3 is 2.52 bits per heavy atom. The third-order valence-corrected chi connectivity index (χ3v) is 3.96. The topological polar surface area (TPSA) is 26.3 Å². The smallest absolute Gasteiger partial charge is 0.314 e. The molecule has 1 atom stereocenters. The van der Waals surface area contributed by atoms with Gasteiger partial charge in [0.15, 0.2) is 0 Å². The lowest BCUT2D eigenvalue weighted by atomic mass is 9.83. The van der Waals surface area contributed by atoms with Gasteiger partial charge >= 0.3 is 5.97 Å². The minimum Gasteiger partial charge on any atom is -0.469 e. The van der Waals surface area contributed by atoms with Crippen LogP contribution in [0.15, 0.2) is 66.8 Å². The van der Waals surface area contributed by atoms with Gasteiger partial charge in [0.2, 0.25) is 0 Å². The van der Waals surface area contributed by atoms with Crippen LogP contribution in [0.1, 0.15) is 17.9 Å². The van der Waals surface area contributed by atoms with Gasteiger partial charge in [-0.3, -0.25) is 4.79 Å². The predicted octanol–water partition coefficient (Wildman–Crippen LogP) is 4.23. The first-order chi connectivity index (χ1) is 10.3. The number of carbonyl (C=O) groups is 1. The van der Waals surface area contributed by atoms with E-state index < -0.39 is 0 Å². The molecule has 21 heavy (non-hydrogen) atoms. The molecular formula is C19H18O2. The average molecular weight is 278 g/mol. The van der Waals surface area contributed by atoms with Crippen molar-refractivity contribution < 1.29 is 9.53 Å². The number of allylic oxidation sites excluding steroid dienone is 4. The molecule has 0 N–H and O–H groups in total. The first-order valence-corrected chi connectivity index (χ1v) is 7.19. The fraction of sp³-hybridized carbons (Fsp3) is 0.211. The molecule has 2 nitrogen and oxygen atoms in total. The van der Waals surface area contributed by atoms with E-state index in [1.54, 1.807) is 0 Å². The second kappa shape index (κ2) is 5.96.